The van der Waals surface area contributed by atoms with E-state index in [1.54, 1.807) is 6.07 Å². The second-order valence-corrected chi connectivity index (χ2v) is 6.19. The van der Waals surface area contributed by atoms with Gasteiger partial charge >= 0.3 is 6.18 Å². The summed E-state index contributed by atoms with van der Waals surface area (Å²) in [5.74, 6) is 0. The van der Waals surface area contributed by atoms with Crippen LogP contribution in [0.5, 0.6) is 0 Å². The summed E-state index contributed by atoms with van der Waals surface area (Å²) in [7, 11) is 0. The third kappa shape index (κ3) is 5.41. The number of alkyl halides is 3. The van der Waals surface area contributed by atoms with Crippen LogP contribution in [-0.4, -0.2) is 60.7 Å². The van der Waals surface area contributed by atoms with Crippen molar-refractivity contribution in [2.45, 2.75) is 30.9 Å². The van der Waals surface area contributed by atoms with E-state index in [1.807, 2.05) is 0 Å². The van der Waals surface area contributed by atoms with Crippen LogP contribution in [-0.2, 0) is 26.0 Å². The Hall–Kier alpha value is -1.68. The predicted molar refractivity (Wildman–Crippen MR) is 85.4 cm³/mol. The summed E-state index contributed by atoms with van der Waals surface area (Å²) in [5.41, 5.74) is -1.60. The molecule has 0 bridgehead atoms. The fraction of sp³-hybridized carbons (Fsp3) is 0.588. The van der Waals surface area contributed by atoms with Crippen LogP contribution >= 0.6 is 0 Å². The van der Waals surface area contributed by atoms with E-state index in [0.29, 0.717) is 51.3 Å². The standard InChI is InChI=1S/C16H20F3NO3.CH2O2/c17-16(18,19)13-3-1-2-12(10-13)15(21)4-6-20(7-5-15)11-14-22-8-9-23-14;2-1-3/h1-3,10,14,21H,4-9,11H2;1H,(H,2,3). The molecule has 0 aliphatic carbocycles. The molecule has 0 saturated carbocycles. The molecule has 3 rings (SSSR count). The van der Waals surface area contributed by atoms with Gasteiger partial charge in [0.05, 0.1) is 24.4 Å². The number of hydrogen-bond donors (Lipinski definition) is 2. The highest BCUT2D eigenvalue weighted by atomic mass is 19.4. The molecule has 2 saturated heterocycles. The number of rotatable bonds is 3. The van der Waals surface area contributed by atoms with E-state index < -0.39 is 17.3 Å². The minimum Gasteiger partial charge on any atom is -0.483 e. The summed E-state index contributed by atoms with van der Waals surface area (Å²) in [6.07, 6.45) is -3.86. The van der Waals surface area contributed by atoms with Crippen LogP contribution in [0.25, 0.3) is 0 Å². The van der Waals surface area contributed by atoms with Gasteiger partial charge in [-0.2, -0.15) is 13.2 Å². The Balaban J connectivity index is 0.000000758. The van der Waals surface area contributed by atoms with Gasteiger partial charge in [-0.25, -0.2) is 0 Å². The van der Waals surface area contributed by atoms with Gasteiger partial charge in [0.15, 0.2) is 6.29 Å². The van der Waals surface area contributed by atoms with Gasteiger partial charge in [-0.1, -0.05) is 12.1 Å². The van der Waals surface area contributed by atoms with E-state index in [0.717, 1.165) is 12.1 Å². The monoisotopic (exact) mass is 377 g/mol. The van der Waals surface area contributed by atoms with Crippen molar-refractivity contribution < 1.29 is 37.7 Å². The number of carbonyl (C=O) groups is 1. The number of carboxylic acid groups (broad SMARTS) is 1. The zero-order valence-corrected chi connectivity index (χ0v) is 14.1. The van der Waals surface area contributed by atoms with Crippen LogP contribution in [0, 0.1) is 0 Å². The lowest BCUT2D eigenvalue weighted by Crippen LogP contribution is -2.45. The van der Waals surface area contributed by atoms with Gasteiger partial charge in [0.25, 0.3) is 6.47 Å². The zero-order chi connectivity index (χ0) is 19.2. The van der Waals surface area contributed by atoms with E-state index in [-0.39, 0.29) is 12.8 Å². The van der Waals surface area contributed by atoms with E-state index in [9.17, 15) is 18.3 Å². The second kappa shape index (κ2) is 8.81. The van der Waals surface area contributed by atoms with Crippen LogP contribution in [0.4, 0.5) is 13.2 Å². The Bertz CT molecular complexity index is 582. The van der Waals surface area contributed by atoms with Crippen molar-refractivity contribution in [2.24, 2.45) is 0 Å². The van der Waals surface area contributed by atoms with Crippen molar-refractivity contribution in [3.63, 3.8) is 0 Å². The van der Waals surface area contributed by atoms with Crippen LogP contribution in [0.2, 0.25) is 0 Å². The van der Waals surface area contributed by atoms with Crippen LogP contribution in [0.1, 0.15) is 24.0 Å². The van der Waals surface area contributed by atoms with Gasteiger partial charge in [-0.05, 0) is 30.5 Å². The minimum absolute atomic E-state index is 0.241. The lowest BCUT2D eigenvalue weighted by atomic mass is 9.83. The molecular formula is C17H22F3NO5. The van der Waals surface area contributed by atoms with Gasteiger partial charge < -0.3 is 19.7 Å². The van der Waals surface area contributed by atoms with Crippen LogP contribution < -0.4 is 0 Å². The molecule has 2 N–H and O–H groups in total. The number of benzene rings is 1. The van der Waals surface area contributed by atoms with Crippen molar-refractivity contribution in [3.8, 4) is 0 Å². The maximum atomic E-state index is 12.8. The number of aliphatic hydroxyl groups is 1. The molecule has 0 amide bonds. The molecule has 0 atom stereocenters. The first-order valence-corrected chi connectivity index (χ1v) is 8.22. The molecule has 0 unspecified atom stereocenters. The molecule has 2 aliphatic heterocycles. The van der Waals surface area contributed by atoms with Crippen molar-refractivity contribution in [2.75, 3.05) is 32.8 Å². The molecule has 2 fully saturated rings. The summed E-state index contributed by atoms with van der Waals surface area (Å²) in [4.78, 5) is 10.5. The Morgan fingerprint density at radius 2 is 1.81 bits per heavy atom. The predicted octanol–water partition coefficient (Wildman–Crippen LogP) is 2.06. The highest BCUT2D eigenvalue weighted by Gasteiger charge is 2.37. The van der Waals surface area contributed by atoms with Gasteiger partial charge in [0.1, 0.15) is 0 Å². The summed E-state index contributed by atoms with van der Waals surface area (Å²) >= 11 is 0. The SMILES string of the molecule is O=CO.OC1(c2cccc(C(F)(F)F)c2)CCN(CC2OCCO2)CC1. The minimum atomic E-state index is -4.40. The largest absolute Gasteiger partial charge is 0.483 e. The molecule has 26 heavy (non-hydrogen) atoms. The lowest BCUT2D eigenvalue weighted by Gasteiger charge is -2.39. The number of halogens is 3. The second-order valence-electron chi connectivity index (χ2n) is 6.19. The van der Waals surface area contributed by atoms with Gasteiger partial charge in [0, 0.05) is 19.6 Å². The number of piperidine rings is 1. The average molecular weight is 377 g/mol. The highest BCUT2D eigenvalue weighted by molar-refractivity contribution is 5.32. The molecular weight excluding hydrogens is 355 g/mol. The summed E-state index contributed by atoms with van der Waals surface area (Å²) in [5, 5.41) is 17.6. The number of nitrogens with zero attached hydrogens (tertiary/aromatic N) is 1. The Kier molecular flexibility index (Phi) is 6.99. The van der Waals surface area contributed by atoms with Gasteiger partial charge in [-0.3, -0.25) is 9.69 Å². The molecule has 1 aromatic carbocycles. The number of hydrogen-bond acceptors (Lipinski definition) is 5. The number of ether oxygens (including phenoxy) is 2. The van der Waals surface area contributed by atoms with Gasteiger partial charge in [-0.15, -0.1) is 0 Å². The maximum Gasteiger partial charge on any atom is 0.416 e. The first-order chi connectivity index (χ1) is 12.3. The fourth-order valence-electron chi connectivity index (χ4n) is 3.10. The molecule has 6 nitrogen and oxygen atoms in total. The summed E-state index contributed by atoms with van der Waals surface area (Å²) in [6, 6.07) is 4.99. The lowest BCUT2D eigenvalue weighted by molar-refractivity contribution is -0.137. The van der Waals surface area contributed by atoms with Crippen molar-refractivity contribution in [1.82, 2.24) is 4.90 Å². The normalized spacial score (nSPS) is 21.1. The zero-order valence-electron chi connectivity index (χ0n) is 14.1. The quantitative estimate of drug-likeness (QED) is 0.785. The Morgan fingerprint density at radius 3 is 2.35 bits per heavy atom. The maximum absolute atomic E-state index is 12.8. The van der Waals surface area contributed by atoms with Crippen molar-refractivity contribution in [3.05, 3.63) is 35.4 Å². The third-order valence-corrected chi connectivity index (χ3v) is 4.51. The van der Waals surface area contributed by atoms with E-state index in [4.69, 9.17) is 19.4 Å². The number of likely N-dealkylation sites (tertiary alicyclic amines) is 1. The van der Waals surface area contributed by atoms with E-state index in [1.165, 1.54) is 6.07 Å². The van der Waals surface area contributed by atoms with Crippen molar-refractivity contribution >= 4 is 6.47 Å². The first-order valence-electron chi connectivity index (χ1n) is 8.22. The molecule has 1 aromatic rings. The van der Waals surface area contributed by atoms with E-state index >= 15 is 0 Å². The van der Waals surface area contributed by atoms with Crippen molar-refractivity contribution in [1.29, 1.82) is 0 Å². The molecule has 146 valence electrons. The smallest absolute Gasteiger partial charge is 0.416 e. The summed E-state index contributed by atoms with van der Waals surface area (Å²) < 4.78 is 49.3. The van der Waals surface area contributed by atoms with Crippen LogP contribution in [0.15, 0.2) is 24.3 Å². The Labute approximate surface area is 149 Å². The fourth-order valence-corrected chi connectivity index (χ4v) is 3.10. The topological polar surface area (TPSA) is 79.2 Å². The molecule has 0 spiro atoms. The average Bonchev–Trinajstić information content (AvgIpc) is 3.10. The molecule has 2 aliphatic rings. The third-order valence-electron chi connectivity index (χ3n) is 4.51. The molecule has 0 radical (unpaired) electrons. The molecule has 9 heteroatoms. The first kappa shape index (κ1) is 20.6. The highest BCUT2D eigenvalue weighted by Crippen LogP contribution is 2.36. The summed E-state index contributed by atoms with van der Waals surface area (Å²) in [6.45, 7) is 2.74. The molecule has 2 heterocycles. The van der Waals surface area contributed by atoms with Crippen LogP contribution in [0.3, 0.4) is 0 Å². The molecule has 0 aromatic heterocycles. The Morgan fingerprint density at radius 1 is 1.23 bits per heavy atom. The van der Waals surface area contributed by atoms with E-state index in [2.05, 4.69) is 4.90 Å². The van der Waals surface area contributed by atoms with Gasteiger partial charge in [0.2, 0.25) is 0 Å².